The second kappa shape index (κ2) is 9.12. The molecular formula is C19H27N3O4. The van der Waals surface area contributed by atoms with E-state index >= 15 is 0 Å². The standard InChI is InChI=1S/C19H27N3O4/c1-6-22-17(10-13(5)21-22)20-19(23)14-11-15(24-7-2)18(26-9-4)16(12-14)25-8-3/h10-12H,6-9H2,1-5H3,(H,20,23). The van der Waals surface area contributed by atoms with Crippen LogP contribution >= 0.6 is 0 Å². The Morgan fingerprint density at radius 1 is 1.00 bits per heavy atom. The number of nitrogens with one attached hydrogen (secondary N) is 1. The number of ether oxygens (including phenoxy) is 3. The molecule has 1 N–H and O–H groups in total. The summed E-state index contributed by atoms with van der Waals surface area (Å²) in [4.78, 5) is 12.8. The molecule has 7 nitrogen and oxygen atoms in total. The van der Waals surface area contributed by atoms with Crippen molar-refractivity contribution in [3.63, 3.8) is 0 Å². The summed E-state index contributed by atoms with van der Waals surface area (Å²) < 4.78 is 18.7. The molecule has 0 unspecified atom stereocenters. The molecule has 1 amide bonds. The maximum Gasteiger partial charge on any atom is 0.257 e. The lowest BCUT2D eigenvalue weighted by atomic mass is 10.1. The van der Waals surface area contributed by atoms with Crippen molar-refractivity contribution >= 4 is 11.7 Å². The molecule has 2 rings (SSSR count). The number of amides is 1. The van der Waals surface area contributed by atoms with Crippen LogP contribution in [-0.4, -0.2) is 35.5 Å². The zero-order chi connectivity index (χ0) is 19.1. The number of carbonyl (C=O) groups excluding carboxylic acids is 1. The van der Waals surface area contributed by atoms with Crippen LogP contribution in [0.4, 0.5) is 5.82 Å². The van der Waals surface area contributed by atoms with Gasteiger partial charge in [-0.1, -0.05) is 0 Å². The predicted molar refractivity (Wildman–Crippen MR) is 101 cm³/mol. The van der Waals surface area contributed by atoms with Crippen LogP contribution in [0.2, 0.25) is 0 Å². The second-order valence-electron chi connectivity index (χ2n) is 5.54. The Labute approximate surface area is 154 Å². The number of rotatable bonds is 9. The van der Waals surface area contributed by atoms with Gasteiger partial charge in [0.15, 0.2) is 11.5 Å². The monoisotopic (exact) mass is 361 g/mol. The van der Waals surface area contributed by atoms with Crippen LogP contribution in [0.5, 0.6) is 17.2 Å². The third kappa shape index (κ3) is 4.47. The van der Waals surface area contributed by atoms with E-state index in [1.165, 1.54) is 0 Å². The number of aryl methyl sites for hydroxylation is 2. The summed E-state index contributed by atoms with van der Waals surface area (Å²) in [6, 6.07) is 5.18. The molecule has 0 aliphatic carbocycles. The average molecular weight is 361 g/mol. The van der Waals surface area contributed by atoms with E-state index < -0.39 is 0 Å². The molecule has 0 bridgehead atoms. The zero-order valence-corrected chi connectivity index (χ0v) is 16.1. The third-order valence-corrected chi connectivity index (χ3v) is 3.61. The van der Waals surface area contributed by atoms with Gasteiger partial charge < -0.3 is 19.5 Å². The molecule has 2 aromatic rings. The van der Waals surface area contributed by atoms with Gasteiger partial charge in [0.05, 0.1) is 25.5 Å². The highest BCUT2D eigenvalue weighted by Crippen LogP contribution is 2.39. The minimum Gasteiger partial charge on any atom is -0.490 e. The third-order valence-electron chi connectivity index (χ3n) is 3.61. The van der Waals surface area contributed by atoms with Crippen molar-refractivity contribution in [2.24, 2.45) is 0 Å². The smallest absolute Gasteiger partial charge is 0.257 e. The first-order valence-corrected chi connectivity index (χ1v) is 8.96. The minimum absolute atomic E-state index is 0.260. The van der Waals surface area contributed by atoms with Gasteiger partial charge >= 0.3 is 0 Å². The molecule has 0 aliphatic rings. The van der Waals surface area contributed by atoms with E-state index in [2.05, 4.69) is 10.4 Å². The summed E-state index contributed by atoms with van der Waals surface area (Å²) in [5, 5.41) is 7.24. The highest BCUT2D eigenvalue weighted by atomic mass is 16.5. The van der Waals surface area contributed by atoms with Crippen molar-refractivity contribution in [1.29, 1.82) is 0 Å². The summed E-state index contributed by atoms with van der Waals surface area (Å²) in [5.41, 5.74) is 1.28. The van der Waals surface area contributed by atoms with E-state index in [-0.39, 0.29) is 5.91 Å². The minimum atomic E-state index is -0.260. The Kier molecular flexibility index (Phi) is 6.89. The van der Waals surface area contributed by atoms with E-state index in [9.17, 15) is 4.79 Å². The Morgan fingerprint density at radius 2 is 1.58 bits per heavy atom. The molecule has 0 atom stereocenters. The normalized spacial score (nSPS) is 10.5. The SMILES string of the molecule is CCOc1cc(C(=O)Nc2cc(C)nn2CC)cc(OCC)c1OCC. The van der Waals surface area contributed by atoms with Crippen LogP contribution in [0.25, 0.3) is 0 Å². The van der Waals surface area contributed by atoms with Crippen molar-refractivity contribution in [3.8, 4) is 17.2 Å². The van der Waals surface area contributed by atoms with Gasteiger partial charge in [-0.3, -0.25) is 4.79 Å². The number of aromatic nitrogens is 2. The second-order valence-corrected chi connectivity index (χ2v) is 5.54. The number of hydrogen-bond acceptors (Lipinski definition) is 5. The van der Waals surface area contributed by atoms with Crippen LogP contribution < -0.4 is 19.5 Å². The lowest BCUT2D eigenvalue weighted by Gasteiger charge is -2.17. The molecular weight excluding hydrogens is 334 g/mol. The highest BCUT2D eigenvalue weighted by molar-refractivity contribution is 6.04. The fraction of sp³-hybridized carbons (Fsp3) is 0.474. The van der Waals surface area contributed by atoms with Gasteiger partial charge in [0.1, 0.15) is 5.82 Å². The number of anilines is 1. The maximum atomic E-state index is 12.8. The Bertz CT molecular complexity index is 728. The van der Waals surface area contributed by atoms with Gasteiger partial charge in [-0.15, -0.1) is 0 Å². The number of carbonyl (C=O) groups is 1. The topological polar surface area (TPSA) is 74.6 Å². The Hall–Kier alpha value is -2.70. The van der Waals surface area contributed by atoms with Gasteiger partial charge in [0, 0.05) is 18.2 Å². The first kappa shape index (κ1) is 19.6. The van der Waals surface area contributed by atoms with Crippen LogP contribution in [0.3, 0.4) is 0 Å². The van der Waals surface area contributed by atoms with Gasteiger partial charge in [0.2, 0.25) is 5.75 Å². The molecule has 0 radical (unpaired) electrons. The molecule has 142 valence electrons. The first-order chi connectivity index (χ1) is 12.5. The van der Waals surface area contributed by atoms with Crippen molar-refractivity contribution in [2.45, 2.75) is 41.2 Å². The van der Waals surface area contributed by atoms with Crippen LogP contribution in [0.1, 0.15) is 43.7 Å². The Balaban J connectivity index is 2.38. The van der Waals surface area contributed by atoms with Gasteiger partial charge in [0.25, 0.3) is 5.91 Å². The maximum absolute atomic E-state index is 12.8. The summed E-state index contributed by atoms with van der Waals surface area (Å²) in [6.07, 6.45) is 0. The van der Waals surface area contributed by atoms with E-state index in [1.807, 2.05) is 40.7 Å². The van der Waals surface area contributed by atoms with Crippen molar-refractivity contribution in [3.05, 3.63) is 29.5 Å². The molecule has 1 aromatic heterocycles. The molecule has 26 heavy (non-hydrogen) atoms. The van der Waals surface area contributed by atoms with Crippen LogP contribution in [0, 0.1) is 6.92 Å². The summed E-state index contributed by atoms with van der Waals surface area (Å²) in [7, 11) is 0. The summed E-state index contributed by atoms with van der Waals surface area (Å²) in [6.45, 7) is 11.6. The Morgan fingerprint density at radius 3 is 2.08 bits per heavy atom. The van der Waals surface area contributed by atoms with Gasteiger partial charge in [-0.25, -0.2) is 4.68 Å². The molecule has 1 aromatic carbocycles. The van der Waals surface area contributed by atoms with Crippen LogP contribution in [0.15, 0.2) is 18.2 Å². The fourth-order valence-corrected chi connectivity index (χ4v) is 2.60. The first-order valence-electron chi connectivity index (χ1n) is 8.96. The van der Waals surface area contributed by atoms with Gasteiger partial charge in [-0.05, 0) is 46.8 Å². The summed E-state index contributed by atoms with van der Waals surface area (Å²) >= 11 is 0. The lowest BCUT2D eigenvalue weighted by Crippen LogP contribution is -2.16. The van der Waals surface area contributed by atoms with Crippen molar-refractivity contribution < 1.29 is 19.0 Å². The van der Waals surface area contributed by atoms with E-state index in [0.29, 0.717) is 55.0 Å². The molecule has 7 heteroatoms. The van der Waals surface area contributed by atoms with E-state index in [1.54, 1.807) is 16.8 Å². The van der Waals surface area contributed by atoms with Crippen LogP contribution in [-0.2, 0) is 6.54 Å². The summed E-state index contributed by atoms with van der Waals surface area (Å²) in [5.74, 6) is 1.89. The van der Waals surface area contributed by atoms with Gasteiger partial charge in [-0.2, -0.15) is 5.10 Å². The number of benzene rings is 1. The van der Waals surface area contributed by atoms with E-state index in [4.69, 9.17) is 14.2 Å². The van der Waals surface area contributed by atoms with Crippen molar-refractivity contribution in [2.75, 3.05) is 25.1 Å². The molecule has 0 spiro atoms. The molecule has 0 saturated carbocycles. The molecule has 0 fully saturated rings. The highest BCUT2D eigenvalue weighted by Gasteiger charge is 2.19. The quantitative estimate of drug-likeness (QED) is 0.738. The van der Waals surface area contributed by atoms with Crippen molar-refractivity contribution in [1.82, 2.24) is 9.78 Å². The number of nitrogens with zero attached hydrogens (tertiary/aromatic N) is 2. The average Bonchev–Trinajstić information content (AvgIpc) is 2.97. The number of hydrogen-bond donors (Lipinski definition) is 1. The zero-order valence-electron chi connectivity index (χ0n) is 16.1. The molecule has 0 saturated heterocycles. The van der Waals surface area contributed by atoms with E-state index in [0.717, 1.165) is 5.69 Å². The fourth-order valence-electron chi connectivity index (χ4n) is 2.60. The molecule has 0 aliphatic heterocycles. The molecule has 1 heterocycles. The predicted octanol–water partition coefficient (Wildman–Crippen LogP) is 3.66. The lowest BCUT2D eigenvalue weighted by molar-refractivity contribution is 0.102. The largest absolute Gasteiger partial charge is 0.490 e.